The summed E-state index contributed by atoms with van der Waals surface area (Å²) in [5.41, 5.74) is 1.46. The summed E-state index contributed by atoms with van der Waals surface area (Å²) in [7, 11) is 0. The van der Waals surface area contributed by atoms with Gasteiger partial charge < -0.3 is 9.52 Å². The summed E-state index contributed by atoms with van der Waals surface area (Å²) in [6, 6.07) is 9.25. The number of aliphatic hydroxyl groups excluding tert-OH is 1. The average Bonchev–Trinajstić information content (AvgIpc) is 2.98. The van der Waals surface area contributed by atoms with E-state index in [1.165, 1.54) is 0 Å². The van der Waals surface area contributed by atoms with Crippen LogP contribution in [-0.2, 0) is 0 Å². The number of aliphatic hydroxyl groups is 1. The van der Waals surface area contributed by atoms with Crippen LogP contribution in [0.2, 0.25) is 5.02 Å². The van der Waals surface area contributed by atoms with Gasteiger partial charge in [0.2, 0.25) is 0 Å². The first-order chi connectivity index (χ1) is 8.25. The predicted molar refractivity (Wildman–Crippen MR) is 69.6 cm³/mol. The smallest absolute Gasteiger partial charge is 0.153 e. The second kappa shape index (κ2) is 4.18. The lowest BCUT2D eigenvalue weighted by atomic mass is 10.1. The maximum atomic E-state index is 10.1. The Kier molecular flexibility index (Phi) is 2.67. The molecule has 1 N–H and O–H groups in total. The third-order valence-corrected chi connectivity index (χ3v) is 3.64. The molecule has 0 amide bonds. The minimum atomic E-state index is -0.732. The number of rotatable bonds is 2. The SMILES string of the molecule is OC(c1ccsc1)c1cc2cccc(Cl)c2o1. The largest absolute Gasteiger partial charge is 0.456 e. The van der Waals surface area contributed by atoms with Crippen molar-refractivity contribution in [1.82, 2.24) is 0 Å². The van der Waals surface area contributed by atoms with Gasteiger partial charge in [0.15, 0.2) is 5.58 Å². The lowest BCUT2D eigenvalue weighted by Gasteiger charge is -2.03. The minimum Gasteiger partial charge on any atom is -0.456 e. The minimum absolute atomic E-state index is 0.520. The third-order valence-electron chi connectivity index (χ3n) is 2.64. The van der Waals surface area contributed by atoms with Gasteiger partial charge in [-0.25, -0.2) is 0 Å². The van der Waals surface area contributed by atoms with Gasteiger partial charge in [-0.15, -0.1) is 0 Å². The van der Waals surface area contributed by atoms with E-state index in [4.69, 9.17) is 16.0 Å². The lowest BCUT2D eigenvalue weighted by molar-refractivity contribution is 0.193. The highest BCUT2D eigenvalue weighted by Crippen LogP contribution is 2.32. The van der Waals surface area contributed by atoms with Crippen molar-refractivity contribution < 1.29 is 9.52 Å². The Labute approximate surface area is 107 Å². The van der Waals surface area contributed by atoms with Gasteiger partial charge in [-0.2, -0.15) is 11.3 Å². The standard InChI is InChI=1S/C13H9ClO2S/c14-10-3-1-2-8-6-11(16-13(8)10)12(15)9-4-5-17-7-9/h1-7,12,15H. The fourth-order valence-corrected chi connectivity index (χ4v) is 2.68. The van der Waals surface area contributed by atoms with Crippen LogP contribution in [0.3, 0.4) is 0 Å². The summed E-state index contributed by atoms with van der Waals surface area (Å²) >= 11 is 7.57. The van der Waals surface area contributed by atoms with Crippen molar-refractivity contribution >= 4 is 33.9 Å². The van der Waals surface area contributed by atoms with Crippen LogP contribution < -0.4 is 0 Å². The zero-order valence-electron chi connectivity index (χ0n) is 8.76. The number of furan rings is 1. The maximum Gasteiger partial charge on any atom is 0.153 e. The molecule has 3 rings (SSSR count). The first kappa shape index (κ1) is 10.8. The molecule has 3 aromatic rings. The molecular formula is C13H9ClO2S. The molecule has 0 aliphatic rings. The molecule has 0 fully saturated rings. The number of fused-ring (bicyclic) bond motifs is 1. The topological polar surface area (TPSA) is 33.4 Å². The molecule has 1 aromatic carbocycles. The van der Waals surface area contributed by atoms with Gasteiger partial charge in [0.25, 0.3) is 0 Å². The molecule has 17 heavy (non-hydrogen) atoms. The van der Waals surface area contributed by atoms with Crippen molar-refractivity contribution in [3.05, 3.63) is 57.4 Å². The molecule has 0 aliphatic heterocycles. The third kappa shape index (κ3) is 1.86. The molecule has 2 heterocycles. The van der Waals surface area contributed by atoms with Crippen molar-refractivity contribution in [3.8, 4) is 0 Å². The Morgan fingerprint density at radius 2 is 2.18 bits per heavy atom. The Morgan fingerprint density at radius 1 is 1.29 bits per heavy atom. The summed E-state index contributed by atoms with van der Waals surface area (Å²) in [5.74, 6) is 0.520. The highest BCUT2D eigenvalue weighted by atomic mass is 35.5. The monoisotopic (exact) mass is 264 g/mol. The van der Waals surface area contributed by atoms with E-state index in [1.54, 1.807) is 17.4 Å². The van der Waals surface area contributed by atoms with Gasteiger partial charge in [-0.05, 0) is 34.5 Å². The Morgan fingerprint density at radius 3 is 2.88 bits per heavy atom. The molecule has 0 radical (unpaired) electrons. The summed E-state index contributed by atoms with van der Waals surface area (Å²) in [5, 5.41) is 15.4. The van der Waals surface area contributed by atoms with E-state index in [-0.39, 0.29) is 0 Å². The van der Waals surface area contributed by atoms with Crippen LogP contribution in [0.5, 0.6) is 0 Å². The van der Waals surface area contributed by atoms with Crippen molar-refractivity contribution in [1.29, 1.82) is 0 Å². The van der Waals surface area contributed by atoms with Crippen LogP contribution in [0, 0.1) is 0 Å². The fourth-order valence-electron chi connectivity index (χ4n) is 1.78. The van der Waals surface area contributed by atoms with E-state index in [9.17, 15) is 5.11 Å². The highest BCUT2D eigenvalue weighted by molar-refractivity contribution is 7.07. The summed E-state index contributed by atoms with van der Waals surface area (Å²) in [6.07, 6.45) is -0.732. The van der Waals surface area contributed by atoms with E-state index < -0.39 is 6.10 Å². The maximum absolute atomic E-state index is 10.1. The predicted octanol–water partition coefficient (Wildman–Crippen LogP) is 4.23. The first-order valence-electron chi connectivity index (χ1n) is 5.14. The van der Waals surface area contributed by atoms with Gasteiger partial charge in [-0.1, -0.05) is 23.7 Å². The molecule has 0 saturated carbocycles. The lowest BCUT2D eigenvalue weighted by Crippen LogP contribution is -1.94. The van der Waals surface area contributed by atoms with Crippen molar-refractivity contribution in [3.63, 3.8) is 0 Å². The van der Waals surface area contributed by atoms with E-state index in [0.717, 1.165) is 10.9 Å². The van der Waals surface area contributed by atoms with Crippen LogP contribution in [0.15, 0.2) is 45.5 Å². The van der Waals surface area contributed by atoms with Gasteiger partial charge in [0.05, 0.1) is 5.02 Å². The van der Waals surface area contributed by atoms with Gasteiger partial charge in [0.1, 0.15) is 11.9 Å². The Balaban J connectivity index is 2.10. The number of para-hydroxylation sites is 1. The quantitative estimate of drug-likeness (QED) is 0.751. The molecule has 4 heteroatoms. The molecule has 86 valence electrons. The van der Waals surface area contributed by atoms with Crippen molar-refractivity contribution in [2.45, 2.75) is 6.10 Å². The summed E-state index contributed by atoms with van der Waals surface area (Å²) in [6.45, 7) is 0. The molecule has 2 aromatic heterocycles. The number of thiophene rings is 1. The molecule has 0 bridgehead atoms. The molecule has 1 unspecified atom stereocenters. The molecule has 0 spiro atoms. The number of benzene rings is 1. The average molecular weight is 265 g/mol. The van der Waals surface area contributed by atoms with Crippen LogP contribution in [0.1, 0.15) is 17.4 Å². The summed E-state index contributed by atoms with van der Waals surface area (Å²) < 4.78 is 5.61. The zero-order chi connectivity index (χ0) is 11.8. The van der Waals surface area contributed by atoms with Crippen LogP contribution in [-0.4, -0.2) is 5.11 Å². The van der Waals surface area contributed by atoms with E-state index >= 15 is 0 Å². The van der Waals surface area contributed by atoms with E-state index in [0.29, 0.717) is 16.4 Å². The van der Waals surface area contributed by atoms with Crippen LogP contribution >= 0.6 is 22.9 Å². The van der Waals surface area contributed by atoms with Crippen molar-refractivity contribution in [2.75, 3.05) is 0 Å². The molecular weight excluding hydrogens is 256 g/mol. The van der Waals surface area contributed by atoms with Crippen LogP contribution in [0.25, 0.3) is 11.0 Å². The zero-order valence-corrected chi connectivity index (χ0v) is 10.3. The first-order valence-corrected chi connectivity index (χ1v) is 6.46. The van der Waals surface area contributed by atoms with Gasteiger partial charge in [0, 0.05) is 5.39 Å². The second-order valence-electron chi connectivity index (χ2n) is 3.77. The fraction of sp³-hybridized carbons (Fsp3) is 0.0769. The molecule has 0 saturated heterocycles. The molecule has 1 atom stereocenters. The molecule has 0 aliphatic carbocycles. The Bertz CT molecular complexity index is 643. The highest BCUT2D eigenvalue weighted by Gasteiger charge is 2.16. The molecule has 2 nitrogen and oxygen atoms in total. The number of hydrogen-bond donors (Lipinski definition) is 1. The second-order valence-corrected chi connectivity index (χ2v) is 4.95. The van der Waals surface area contributed by atoms with Crippen molar-refractivity contribution in [2.24, 2.45) is 0 Å². The van der Waals surface area contributed by atoms with Gasteiger partial charge >= 0.3 is 0 Å². The van der Waals surface area contributed by atoms with Crippen LogP contribution in [0.4, 0.5) is 0 Å². The Hall–Kier alpha value is -1.29. The summed E-state index contributed by atoms with van der Waals surface area (Å²) in [4.78, 5) is 0. The number of halogens is 1. The van der Waals surface area contributed by atoms with Gasteiger partial charge in [-0.3, -0.25) is 0 Å². The normalized spacial score (nSPS) is 13.1. The number of hydrogen-bond acceptors (Lipinski definition) is 3. The van der Waals surface area contributed by atoms with E-state index in [2.05, 4.69) is 0 Å². The van der Waals surface area contributed by atoms with E-state index in [1.807, 2.05) is 35.0 Å².